The van der Waals surface area contributed by atoms with Gasteiger partial charge in [0, 0.05) is 13.5 Å². The molecular weight excluding hydrogens is 388 g/mol. The van der Waals surface area contributed by atoms with Gasteiger partial charge in [0.15, 0.2) is 0 Å². The summed E-state index contributed by atoms with van der Waals surface area (Å²) in [5.74, 6) is -0.219. The van der Waals surface area contributed by atoms with Gasteiger partial charge in [-0.2, -0.15) is 5.10 Å². The molecule has 1 aromatic heterocycles. The van der Waals surface area contributed by atoms with Crippen LogP contribution in [0.15, 0.2) is 65.7 Å². The maximum Gasteiger partial charge on any atom is 0.255 e. The van der Waals surface area contributed by atoms with Crippen LogP contribution in [0.3, 0.4) is 0 Å². The van der Waals surface area contributed by atoms with Gasteiger partial charge in [-0.25, -0.2) is 13.1 Å². The van der Waals surface area contributed by atoms with Gasteiger partial charge in [-0.3, -0.25) is 9.48 Å². The summed E-state index contributed by atoms with van der Waals surface area (Å²) >= 11 is 0. The Morgan fingerprint density at radius 3 is 2.38 bits per heavy atom. The van der Waals surface area contributed by atoms with Crippen LogP contribution in [-0.4, -0.2) is 31.2 Å². The van der Waals surface area contributed by atoms with Crippen LogP contribution >= 0.6 is 0 Å². The highest BCUT2D eigenvalue weighted by Crippen LogP contribution is 2.18. The zero-order valence-electron chi connectivity index (χ0n) is 16.6. The van der Waals surface area contributed by atoms with Crippen LogP contribution in [-0.2, 0) is 23.5 Å². The van der Waals surface area contributed by atoms with Crippen molar-refractivity contribution in [2.75, 3.05) is 7.05 Å². The zero-order valence-corrected chi connectivity index (χ0v) is 17.4. The fourth-order valence-electron chi connectivity index (χ4n) is 3.06. The molecule has 0 fully saturated rings. The van der Waals surface area contributed by atoms with Gasteiger partial charge in [0.05, 0.1) is 28.4 Å². The third-order valence-corrected chi connectivity index (χ3v) is 6.26. The first-order valence-corrected chi connectivity index (χ1v) is 10.7. The van der Waals surface area contributed by atoms with Crippen molar-refractivity contribution in [1.82, 2.24) is 19.8 Å². The quantitative estimate of drug-likeness (QED) is 0.623. The van der Waals surface area contributed by atoms with Gasteiger partial charge in [0.1, 0.15) is 0 Å². The fourth-order valence-corrected chi connectivity index (χ4v) is 3.79. The van der Waals surface area contributed by atoms with E-state index >= 15 is 0 Å². The van der Waals surface area contributed by atoms with Gasteiger partial charge in [0.25, 0.3) is 5.91 Å². The molecule has 0 spiro atoms. The van der Waals surface area contributed by atoms with Gasteiger partial charge < -0.3 is 5.32 Å². The van der Waals surface area contributed by atoms with Gasteiger partial charge >= 0.3 is 0 Å². The number of hydrogen-bond donors (Lipinski definition) is 2. The molecule has 1 amide bonds. The van der Waals surface area contributed by atoms with E-state index in [1.54, 1.807) is 23.0 Å². The van der Waals surface area contributed by atoms with E-state index in [-0.39, 0.29) is 16.8 Å². The molecule has 2 aromatic carbocycles. The van der Waals surface area contributed by atoms with Crippen molar-refractivity contribution in [3.63, 3.8) is 0 Å². The number of benzene rings is 2. The summed E-state index contributed by atoms with van der Waals surface area (Å²) in [5.41, 5.74) is 3.26. The average Bonchev–Trinajstić information content (AvgIpc) is 3.09. The largest absolute Gasteiger partial charge is 0.345 e. The number of amides is 1. The smallest absolute Gasteiger partial charge is 0.255 e. The Labute approximate surface area is 170 Å². The first-order chi connectivity index (χ1) is 13.8. The molecule has 1 atom stereocenters. The molecule has 7 nitrogen and oxygen atoms in total. The van der Waals surface area contributed by atoms with Gasteiger partial charge in [-0.15, -0.1) is 0 Å². The highest BCUT2D eigenvalue weighted by Gasteiger charge is 2.19. The minimum Gasteiger partial charge on any atom is -0.345 e. The Balaban J connectivity index is 1.75. The molecule has 1 unspecified atom stereocenters. The van der Waals surface area contributed by atoms with Gasteiger partial charge in [0.2, 0.25) is 10.0 Å². The second-order valence-corrected chi connectivity index (χ2v) is 8.65. The number of sulfonamides is 1. The summed E-state index contributed by atoms with van der Waals surface area (Å²) in [6.07, 6.45) is 2.17. The van der Waals surface area contributed by atoms with Gasteiger partial charge in [-0.05, 0) is 37.2 Å². The molecule has 3 rings (SSSR count). The maximum atomic E-state index is 12.9. The van der Waals surface area contributed by atoms with Crippen LogP contribution < -0.4 is 10.0 Å². The van der Waals surface area contributed by atoms with E-state index in [4.69, 9.17) is 0 Å². The third kappa shape index (κ3) is 4.72. The van der Waals surface area contributed by atoms with Crippen molar-refractivity contribution in [1.29, 1.82) is 0 Å². The Morgan fingerprint density at radius 2 is 1.76 bits per heavy atom. The lowest BCUT2D eigenvalue weighted by Crippen LogP contribution is -2.27. The highest BCUT2D eigenvalue weighted by atomic mass is 32.2. The molecule has 0 aliphatic carbocycles. The number of aromatic nitrogens is 2. The molecule has 0 radical (unpaired) electrons. The monoisotopic (exact) mass is 412 g/mol. The average molecular weight is 413 g/mol. The number of rotatable bonds is 7. The minimum absolute atomic E-state index is 0.180. The van der Waals surface area contributed by atoms with Crippen molar-refractivity contribution in [2.24, 2.45) is 7.05 Å². The molecule has 0 saturated carbocycles. The molecular formula is C21H24N4O3S. The summed E-state index contributed by atoms with van der Waals surface area (Å²) in [4.78, 5) is 13.0. The normalized spacial score (nSPS) is 12.5. The first-order valence-electron chi connectivity index (χ1n) is 9.21. The van der Waals surface area contributed by atoms with Crippen LogP contribution in [0.1, 0.15) is 40.1 Å². The van der Waals surface area contributed by atoms with Crippen molar-refractivity contribution < 1.29 is 13.2 Å². The van der Waals surface area contributed by atoms with E-state index in [2.05, 4.69) is 15.1 Å². The molecule has 0 saturated heterocycles. The van der Waals surface area contributed by atoms with Crippen molar-refractivity contribution in [2.45, 2.75) is 24.3 Å². The second kappa shape index (κ2) is 8.59. The lowest BCUT2D eigenvalue weighted by atomic mass is 10.1. The number of carbonyl (C=O) groups is 1. The number of carbonyl (C=O) groups excluding carboxylic acids is 1. The second-order valence-electron chi connectivity index (χ2n) is 6.76. The molecule has 1 heterocycles. The number of hydrogen-bond acceptors (Lipinski definition) is 4. The van der Waals surface area contributed by atoms with E-state index in [1.165, 1.54) is 19.2 Å². The van der Waals surface area contributed by atoms with E-state index in [1.807, 2.05) is 44.3 Å². The summed E-state index contributed by atoms with van der Waals surface area (Å²) in [6.45, 7) is 1.85. The van der Waals surface area contributed by atoms with Crippen molar-refractivity contribution in [3.05, 3.63) is 83.2 Å². The highest BCUT2D eigenvalue weighted by molar-refractivity contribution is 7.89. The van der Waals surface area contributed by atoms with Crippen LogP contribution in [0.2, 0.25) is 0 Å². The summed E-state index contributed by atoms with van der Waals surface area (Å²) in [7, 11) is -0.301. The lowest BCUT2D eigenvalue weighted by molar-refractivity contribution is 0.0939. The topological polar surface area (TPSA) is 93.1 Å². The van der Waals surface area contributed by atoms with E-state index in [9.17, 15) is 13.2 Å². The predicted molar refractivity (Wildman–Crippen MR) is 111 cm³/mol. The van der Waals surface area contributed by atoms with E-state index < -0.39 is 10.0 Å². The zero-order chi connectivity index (χ0) is 21.0. The van der Waals surface area contributed by atoms with Crippen LogP contribution in [0.4, 0.5) is 0 Å². The van der Waals surface area contributed by atoms with Gasteiger partial charge in [-0.1, -0.05) is 42.5 Å². The summed E-state index contributed by atoms with van der Waals surface area (Å²) in [6, 6.07) is 16.1. The molecule has 8 heteroatoms. The number of nitrogens with one attached hydrogen (secondary N) is 2. The van der Waals surface area contributed by atoms with Crippen molar-refractivity contribution >= 4 is 15.9 Å². The Kier molecular flexibility index (Phi) is 6.14. The van der Waals surface area contributed by atoms with Crippen LogP contribution in [0.25, 0.3) is 0 Å². The molecule has 3 aromatic rings. The molecule has 0 aliphatic heterocycles. The van der Waals surface area contributed by atoms with Crippen molar-refractivity contribution in [3.8, 4) is 0 Å². The Morgan fingerprint density at radius 1 is 1.10 bits per heavy atom. The lowest BCUT2D eigenvalue weighted by Gasteiger charge is -2.15. The number of nitrogens with zero attached hydrogens (tertiary/aromatic N) is 2. The van der Waals surface area contributed by atoms with E-state index in [0.29, 0.717) is 12.0 Å². The summed E-state index contributed by atoms with van der Waals surface area (Å²) in [5, 5.41) is 7.21. The van der Waals surface area contributed by atoms with Crippen LogP contribution in [0.5, 0.6) is 0 Å². The molecule has 152 valence electrons. The third-order valence-electron chi connectivity index (χ3n) is 4.83. The minimum atomic E-state index is -3.49. The standard InChI is InChI=1S/C21H24N4O3S/c1-15(17-9-11-18(12-10-17)29(27,28)22-2)24-21(26)19-14-23-25(3)20(19)13-16-7-5-4-6-8-16/h4-12,14-15,22H,13H2,1-3H3,(H,24,26). The SMILES string of the molecule is CNS(=O)(=O)c1ccc(C(C)NC(=O)c2cnn(C)c2Cc2ccccc2)cc1. The number of aryl methyl sites for hydroxylation is 1. The molecule has 2 N–H and O–H groups in total. The first kappa shape index (κ1) is 20.8. The van der Waals surface area contributed by atoms with E-state index in [0.717, 1.165) is 16.8 Å². The molecule has 0 bridgehead atoms. The fraction of sp³-hybridized carbons (Fsp3) is 0.238. The summed E-state index contributed by atoms with van der Waals surface area (Å²) < 4.78 is 27.7. The molecule has 29 heavy (non-hydrogen) atoms. The maximum absolute atomic E-state index is 12.9. The predicted octanol–water partition coefficient (Wildman–Crippen LogP) is 2.41. The Bertz CT molecular complexity index is 1090. The Hall–Kier alpha value is -2.97. The van der Waals surface area contributed by atoms with Crippen LogP contribution in [0, 0.1) is 0 Å². The molecule has 0 aliphatic rings.